The lowest BCUT2D eigenvalue weighted by atomic mass is 10.1. The van der Waals surface area contributed by atoms with Crippen molar-refractivity contribution in [1.29, 1.82) is 5.26 Å². The minimum Gasteiger partial charge on any atom is -0.437 e. The first-order chi connectivity index (χ1) is 24.1. The van der Waals surface area contributed by atoms with E-state index >= 15 is 0 Å². The summed E-state index contributed by atoms with van der Waals surface area (Å²) in [4.78, 5) is 32.6. The van der Waals surface area contributed by atoms with E-state index in [-0.39, 0.29) is 22.8 Å². The van der Waals surface area contributed by atoms with E-state index in [1.807, 2.05) is 33.2 Å². The Bertz CT molecular complexity index is 2320. The Morgan fingerprint density at radius 1 is 1.08 bits per heavy atom. The number of aromatic nitrogens is 6. The van der Waals surface area contributed by atoms with Gasteiger partial charge in [0.25, 0.3) is 11.5 Å². The second-order valence-corrected chi connectivity index (χ2v) is 12.7. The number of rotatable bonds is 10. The van der Waals surface area contributed by atoms with Gasteiger partial charge in [0, 0.05) is 13.1 Å². The Balaban J connectivity index is 1.36. The van der Waals surface area contributed by atoms with Gasteiger partial charge in [-0.15, -0.1) is 0 Å². The van der Waals surface area contributed by atoms with Crippen molar-refractivity contribution in [3.05, 3.63) is 123 Å². The lowest BCUT2D eigenvalue weighted by molar-refractivity contribution is -0.918. The number of carbonyl (C=O) groups is 1. The predicted molar refractivity (Wildman–Crippen MR) is 176 cm³/mol. The van der Waals surface area contributed by atoms with Gasteiger partial charge < -0.3 is 18.7 Å². The van der Waals surface area contributed by atoms with Crippen LogP contribution in [0.3, 0.4) is 0 Å². The highest BCUT2D eigenvalue weighted by Gasteiger charge is 2.33. The summed E-state index contributed by atoms with van der Waals surface area (Å²) in [6, 6.07) is 15.4. The van der Waals surface area contributed by atoms with Gasteiger partial charge in [-0.2, -0.15) is 23.5 Å². The number of amides is 1. The molecule has 13 nitrogen and oxygen atoms in total. The molecule has 262 valence electrons. The summed E-state index contributed by atoms with van der Waals surface area (Å²) < 4.78 is 56.5. The zero-order valence-corrected chi connectivity index (χ0v) is 28.3. The van der Waals surface area contributed by atoms with Crippen LogP contribution in [0.4, 0.5) is 13.2 Å². The van der Waals surface area contributed by atoms with Crippen molar-refractivity contribution in [2.75, 3.05) is 14.1 Å². The fourth-order valence-corrected chi connectivity index (χ4v) is 5.91. The molecule has 0 aliphatic carbocycles. The Hall–Kier alpha value is -6.21. The minimum absolute atomic E-state index is 0.0826. The Kier molecular flexibility index (Phi) is 9.00. The van der Waals surface area contributed by atoms with E-state index < -0.39 is 29.2 Å². The van der Waals surface area contributed by atoms with Crippen LogP contribution in [0.25, 0.3) is 22.8 Å². The first-order valence-corrected chi connectivity index (χ1v) is 15.7. The third kappa shape index (κ3) is 7.10. The number of benzene rings is 2. The average molecular weight is 701 g/mol. The Morgan fingerprint density at radius 2 is 1.82 bits per heavy atom. The maximum Gasteiger partial charge on any atom is 0.416 e. The number of halogens is 3. The molecule has 0 fully saturated rings. The molecule has 4 heterocycles. The number of quaternary nitrogens is 1. The van der Waals surface area contributed by atoms with Crippen molar-refractivity contribution in [3.63, 3.8) is 0 Å². The van der Waals surface area contributed by atoms with Crippen LogP contribution in [0, 0.1) is 18.3 Å². The monoisotopic (exact) mass is 700 g/mol. The van der Waals surface area contributed by atoms with E-state index in [4.69, 9.17) is 8.94 Å². The highest BCUT2D eigenvalue weighted by molar-refractivity contribution is 6.00. The number of nitrogens with one attached hydrogen (secondary N) is 1. The number of hydrogen-bond acceptors (Lipinski definition) is 8. The maximum atomic E-state index is 14.2. The minimum atomic E-state index is -4.67. The molecule has 0 spiro atoms. The highest BCUT2D eigenvalue weighted by Crippen LogP contribution is 2.32. The standard InChI is InChI=1S/C35H32F3N9O4/c1-21-15-25(43-51-21)19-47(4,5)20-28-18-40-33(50-28)22(2)42-32(48)30-31(29-13-14-41-45(29)26-11-9-23(17-39)10-12-26)44(3)46(34(30)49)27-8-6-7-24(16-27)35(36,37)38/h6-16,18,22H,19-20H2,1-5H3/p+1/t22-/m0/s1. The van der Waals surface area contributed by atoms with Crippen LogP contribution in [-0.2, 0) is 26.3 Å². The maximum absolute atomic E-state index is 14.2. The van der Waals surface area contributed by atoms with E-state index in [1.54, 1.807) is 43.5 Å². The van der Waals surface area contributed by atoms with Gasteiger partial charge in [-0.1, -0.05) is 11.2 Å². The van der Waals surface area contributed by atoms with E-state index in [0.717, 1.165) is 22.5 Å². The van der Waals surface area contributed by atoms with Crippen molar-refractivity contribution in [3.8, 4) is 28.8 Å². The molecule has 0 aliphatic rings. The first-order valence-electron chi connectivity index (χ1n) is 15.7. The molecule has 2 aromatic carbocycles. The lowest BCUT2D eigenvalue weighted by Gasteiger charge is -2.27. The normalized spacial score (nSPS) is 12.5. The molecule has 0 saturated heterocycles. The van der Waals surface area contributed by atoms with E-state index in [1.165, 1.54) is 34.7 Å². The lowest BCUT2D eigenvalue weighted by Crippen LogP contribution is -2.37. The number of alkyl halides is 3. The summed E-state index contributed by atoms with van der Waals surface area (Å²) in [5, 5.41) is 20.5. The second kappa shape index (κ2) is 13.2. The average Bonchev–Trinajstić information content (AvgIpc) is 3.87. The van der Waals surface area contributed by atoms with Crippen LogP contribution in [0.15, 0.2) is 86.8 Å². The molecule has 1 atom stereocenters. The van der Waals surface area contributed by atoms with E-state index in [2.05, 4.69) is 20.6 Å². The summed E-state index contributed by atoms with van der Waals surface area (Å²) >= 11 is 0. The summed E-state index contributed by atoms with van der Waals surface area (Å²) in [6.45, 7) is 4.47. The van der Waals surface area contributed by atoms with Gasteiger partial charge in [-0.05, 0) is 62.4 Å². The molecular formula is C35H33F3N9O4+. The van der Waals surface area contributed by atoms with Gasteiger partial charge in [0.1, 0.15) is 41.8 Å². The fraction of sp³-hybridized carbons (Fsp3) is 0.257. The molecular weight excluding hydrogens is 667 g/mol. The van der Waals surface area contributed by atoms with Gasteiger partial charge in [0.2, 0.25) is 5.89 Å². The molecule has 0 aliphatic heterocycles. The summed E-state index contributed by atoms with van der Waals surface area (Å²) in [7, 11) is 5.45. The number of oxazole rings is 1. The number of carbonyl (C=O) groups excluding carboxylic acids is 1. The molecule has 0 radical (unpaired) electrons. The fourth-order valence-electron chi connectivity index (χ4n) is 5.91. The smallest absolute Gasteiger partial charge is 0.416 e. The van der Waals surface area contributed by atoms with Gasteiger partial charge in [0.15, 0.2) is 5.76 Å². The predicted octanol–water partition coefficient (Wildman–Crippen LogP) is 5.47. The number of nitriles is 1. The molecule has 0 saturated carbocycles. The Labute approximate surface area is 289 Å². The Morgan fingerprint density at radius 3 is 2.49 bits per heavy atom. The van der Waals surface area contributed by atoms with Gasteiger partial charge in [-0.25, -0.2) is 14.3 Å². The molecule has 4 aromatic heterocycles. The highest BCUT2D eigenvalue weighted by atomic mass is 19.4. The number of aryl methyl sites for hydroxylation is 1. The number of nitrogens with zero attached hydrogens (tertiary/aromatic N) is 8. The molecule has 16 heteroatoms. The largest absolute Gasteiger partial charge is 0.437 e. The third-order valence-electron chi connectivity index (χ3n) is 8.18. The molecule has 6 rings (SSSR count). The van der Waals surface area contributed by atoms with E-state index in [9.17, 15) is 28.0 Å². The molecule has 51 heavy (non-hydrogen) atoms. The zero-order chi connectivity index (χ0) is 36.7. The molecule has 6 aromatic rings. The third-order valence-corrected chi connectivity index (χ3v) is 8.18. The van der Waals surface area contributed by atoms with Crippen molar-refractivity contribution in [1.82, 2.24) is 34.6 Å². The van der Waals surface area contributed by atoms with Crippen LogP contribution in [0.5, 0.6) is 0 Å². The van der Waals surface area contributed by atoms with Crippen LogP contribution >= 0.6 is 0 Å². The van der Waals surface area contributed by atoms with Gasteiger partial charge >= 0.3 is 6.18 Å². The van der Waals surface area contributed by atoms with Crippen molar-refractivity contribution >= 4 is 5.91 Å². The topological polar surface area (TPSA) is 150 Å². The van der Waals surface area contributed by atoms with Crippen LogP contribution in [-0.4, -0.2) is 53.8 Å². The van der Waals surface area contributed by atoms with E-state index in [0.29, 0.717) is 46.0 Å². The quantitative estimate of drug-likeness (QED) is 0.185. The first kappa shape index (κ1) is 34.6. The van der Waals surface area contributed by atoms with Crippen molar-refractivity contribution < 1.29 is 31.4 Å². The SMILES string of the molecule is Cc1cc(C[N+](C)(C)Cc2cnc([C@H](C)NC(=O)c3c(-c4ccnn4-c4ccc(C#N)cc4)n(C)n(-c4cccc(C(F)(F)F)c4)c3=O)o2)no1. The van der Waals surface area contributed by atoms with Crippen LogP contribution in [0.2, 0.25) is 0 Å². The summed E-state index contributed by atoms with van der Waals surface area (Å²) in [6.07, 6.45) is -1.64. The molecule has 1 amide bonds. The zero-order valence-electron chi connectivity index (χ0n) is 28.3. The number of hydrogen-bond donors (Lipinski definition) is 1. The second-order valence-electron chi connectivity index (χ2n) is 12.7. The van der Waals surface area contributed by atoms with Crippen LogP contribution in [0.1, 0.15) is 57.6 Å². The van der Waals surface area contributed by atoms with Gasteiger partial charge in [0.05, 0.1) is 60.8 Å². The van der Waals surface area contributed by atoms with Crippen LogP contribution < -0.4 is 10.9 Å². The van der Waals surface area contributed by atoms with Crippen molar-refractivity contribution in [2.45, 2.75) is 39.2 Å². The van der Waals surface area contributed by atoms with Crippen molar-refractivity contribution in [2.24, 2.45) is 7.05 Å². The molecule has 0 bridgehead atoms. The molecule has 1 N–H and O–H groups in total. The molecule has 0 unspecified atom stereocenters. The summed E-state index contributed by atoms with van der Waals surface area (Å²) in [5.74, 6) is 0.635. The van der Waals surface area contributed by atoms with Gasteiger partial charge in [-0.3, -0.25) is 14.3 Å². The summed E-state index contributed by atoms with van der Waals surface area (Å²) in [5.41, 5.74) is -0.185.